The van der Waals surface area contributed by atoms with E-state index in [2.05, 4.69) is 26.3 Å². The highest BCUT2D eigenvalue weighted by atomic mass is 79.9. The first-order valence-corrected chi connectivity index (χ1v) is 7.54. The van der Waals surface area contributed by atoms with Crippen LogP contribution in [-0.2, 0) is 6.54 Å². The second-order valence-electron chi connectivity index (χ2n) is 5.34. The molecule has 114 valence electrons. The van der Waals surface area contributed by atoms with Gasteiger partial charge in [-0.25, -0.2) is 13.5 Å². The zero-order valence-electron chi connectivity index (χ0n) is 12.5. The van der Waals surface area contributed by atoms with Gasteiger partial charge in [0.05, 0.1) is 15.9 Å². The van der Waals surface area contributed by atoms with Crippen LogP contribution in [0.2, 0.25) is 0 Å². The van der Waals surface area contributed by atoms with Gasteiger partial charge in [0.15, 0.2) is 11.6 Å². The third-order valence-corrected chi connectivity index (χ3v) is 4.35. The van der Waals surface area contributed by atoms with Crippen LogP contribution in [0.5, 0.6) is 0 Å². The van der Waals surface area contributed by atoms with E-state index in [1.54, 1.807) is 13.8 Å². The van der Waals surface area contributed by atoms with Gasteiger partial charge in [-0.2, -0.15) is 5.10 Å². The molecule has 0 spiro atoms. The van der Waals surface area contributed by atoms with Crippen molar-refractivity contribution in [3.8, 4) is 5.69 Å². The Labute approximate surface area is 131 Å². The first kappa shape index (κ1) is 16.1. The second-order valence-corrected chi connectivity index (χ2v) is 6.13. The maximum Gasteiger partial charge on any atom is 0.152 e. The quantitative estimate of drug-likeness (QED) is 0.895. The molecule has 0 saturated heterocycles. The summed E-state index contributed by atoms with van der Waals surface area (Å²) in [6.07, 6.45) is 0. The topological polar surface area (TPSA) is 29.9 Å². The average molecular weight is 358 g/mol. The largest absolute Gasteiger partial charge is 0.310 e. The highest BCUT2D eigenvalue weighted by Gasteiger charge is 2.18. The van der Waals surface area contributed by atoms with Gasteiger partial charge in [-0.1, -0.05) is 13.8 Å². The monoisotopic (exact) mass is 357 g/mol. The highest BCUT2D eigenvalue weighted by molar-refractivity contribution is 9.10. The van der Waals surface area contributed by atoms with Gasteiger partial charge in [-0.15, -0.1) is 0 Å². The molecule has 1 aromatic heterocycles. The second kappa shape index (κ2) is 6.23. The number of rotatable bonds is 4. The van der Waals surface area contributed by atoms with Crippen LogP contribution in [0.1, 0.15) is 30.8 Å². The van der Waals surface area contributed by atoms with E-state index in [-0.39, 0.29) is 11.7 Å². The third-order valence-electron chi connectivity index (χ3n) is 3.21. The number of nitrogens with zero attached hydrogens (tertiary/aromatic N) is 2. The van der Waals surface area contributed by atoms with Gasteiger partial charge in [0.1, 0.15) is 5.69 Å². The van der Waals surface area contributed by atoms with E-state index in [1.165, 1.54) is 16.8 Å². The van der Waals surface area contributed by atoms with E-state index in [0.29, 0.717) is 23.5 Å². The molecule has 2 aromatic rings. The zero-order chi connectivity index (χ0) is 15.7. The predicted molar refractivity (Wildman–Crippen MR) is 82.6 cm³/mol. The van der Waals surface area contributed by atoms with E-state index in [1.807, 2.05) is 13.8 Å². The Hall–Kier alpha value is -1.27. The first-order chi connectivity index (χ1) is 9.81. The van der Waals surface area contributed by atoms with Crippen molar-refractivity contribution in [2.75, 3.05) is 0 Å². The predicted octanol–water partition coefficient (Wildman–Crippen LogP) is 4.03. The van der Waals surface area contributed by atoms with Crippen LogP contribution in [-0.4, -0.2) is 15.8 Å². The summed E-state index contributed by atoms with van der Waals surface area (Å²) in [6.45, 7) is 7.93. The van der Waals surface area contributed by atoms with Gasteiger partial charge in [-0.05, 0) is 47.5 Å². The molecule has 3 nitrogen and oxygen atoms in total. The van der Waals surface area contributed by atoms with Crippen LogP contribution in [0.4, 0.5) is 8.78 Å². The van der Waals surface area contributed by atoms with Crippen molar-refractivity contribution in [2.24, 2.45) is 0 Å². The summed E-state index contributed by atoms with van der Waals surface area (Å²) in [5, 5.41) is 7.32. The van der Waals surface area contributed by atoms with Crippen LogP contribution in [0, 0.1) is 25.5 Å². The zero-order valence-corrected chi connectivity index (χ0v) is 14.1. The lowest BCUT2D eigenvalue weighted by atomic mass is 10.1. The minimum atomic E-state index is -0.617. The van der Waals surface area contributed by atoms with Crippen molar-refractivity contribution in [1.29, 1.82) is 0 Å². The van der Waals surface area contributed by atoms with Gasteiger partial charge in [0, 0.05) is 12.6 Å². The molecule has 1 aromatic carbocycles. The molecule has 21 heavy (non-hydrogen) atoms. The lowest BCUT2D eigenvalue weighted by Gasteiger charge is -2.12. The minimum Gasteiger partial charge on any atom is -0.310 e. The van der Waals surface area contributed by atoms with Crippen molar-refractivity contribution in [3.63, 3.8) is 0 Å². The molecule has 0 saturated carbocycles. The van der Waals surface area contributed by atoms with Crippen molar-refractivity contribution >= 4 is 15.9 Å². The standard InChI is InChI=1S/C15H18BrF2N3/c1-8(2)19-7-11-5-12(17)15(13(18)6-11)21-10(4)14(16)9(3)20-21/h5-6,8,19H,7H2,1-4H3. The van der Waals surface area contributed by atoms with Crippen LogP contribution in [0.3, 0.4) is 0 Å². The molecular formula is C15H18BrF2N3. The fraction of sp³-hybridized carbons (Fsp3) is 0.400. The number of aryl methyl sites for hydroxylation is 1. The maximum absolute atomic E-state index is 14.3. The third kappa shape index (κ3) is 3.32. The summed E-state index contributed by atoms with van der Waals surface area (Å²) in [5.41, 5.74) is 1.79. The molecule has 0 radical (unpaired) electrons. The van der Waals surface area contributed by atoms with Crippen molar-refractivity contribution in [1.82, 2.24) is 15.1 Å². The van der Waals surface area contributed by atoms with Crippen molar-refractivity contribution in [3.05, 3.63) is 45.2 Å². The van der Waals surface area contributed by atoms with E-state index in [0.717, 1.165) is 4.47 Å². The van der Waals surface area contributed by atoms with Gasteiger partial charge in [0.2, 0.25) is 0 Å². The normalized spacial score (nSPS) is 11.4. The molecule has 0 aliphatic rings. The fourth-order valence-corrected chi connectivity index (χ4v) is 2.33. The summed E-state index contributed by atoms with van der Waals surface area (Å²) in [4.78, 5) is 0. The van der Waals surface area contributed by atoms with E-state index in [4.69, 9.17) is 0 Å². The van der Waals surface area contributed by atoms with Crippen molar-refractivity contribution in [2.45, 2.75) is 40.3 Å². The van der Waals surface area contributed by atoms with Crippen molar-refractivity contribution < 1.29 is 8.78 Å². The molecule has 6 heteroatoms. The number of hydrogen-bond donors (Lipinski definition) is 1. The van der Waals surface area contributed by atoms with Crippen LogP contribution >= 0.6 is 15.9 Å². The summed E-state index contributed by atoms with van der Waals surface area (Å²) in [5.74, 6) is -1.23. The average Bonchev–Trinajstić information content (AvgIpc) is 2.64. The summed E-state index contributed by atoms with van der Waals surface area (Å²) in [7, 11) is 0. The lowest BCUT2D eigenvalue weighted by molar-refractivity contribution is 0.543. The van der Waals surface area contributed by atoms with Crippen LogP contribution in [0.15, 0.2) is 16.6 Å². The van der Waals surface area contributed by atoms with Crippen LogP contribution in [0.25, 0.3) is 5.69 Å². The lowest BCUT2D eigenvalue weighted by Crippen LogP contribution is -2.22. The van der Waals surface area contributed by atoms with E-state index >= 15 is 0 Å². The number of benzene rings is 1. The molecule has 0 amide bonds. The molecule has 1 N–H and O–H groups in total. The molecule has 0 unspecified atom stereocenters. The van der Waals surface area contributed by atoms with Gasteiger partial charge < -0.3 is 5.32 Å². The molecule has 0 fully saturated rings. The molecule has 0 bridgehead atoms. The van der Waals surface area contributed by atoms with Gasteiger partial charge >= 0.3 is 0 Å². The summed E-state index contributed by atoms with van der Waals surface area (Å²) in [6, 6.07) is 2.94. The first-order valence-electron chi connectivity index (χ1n) is 6.74. The highest BCUT2D eigenvalue weighted by Crippen LogP contribution is 2.26. The van der Waals surface area contributed by atoms with Crippen LogP contribution < -0.4 is 5.32 Å². The molecule has 1 heterocycles. The summed E-state index contributed by atoms with van der Waals surface area (Å²) < 4.78 is 30.6. The number of hydrogen-bond acceptors (Lipinski definition) is 2. The smallest absolute Gasteiger partial charge is 0.152 e. The molecule has 0 aliphatic carbocycles. The molecule has 2 rings (SSSR count). The number of halogens is 3. The Kier molecular flexibility index (Phi) is 4.78. The van der Waals surface area contributed by atoms with E-state index in [9.17, 15) is 8.78 Å². The SMILES string of the molecule is Cc1nn(-c2c(F)cc(CNC(C)C)cc2F)c(C)c1Br. The Morgan fingerprint density at radius 3 is 2.24 bits per heavy atom. The number of nitrogens with one attached hydrogen (secondary N) is 1. The van der Waals surface area contributed by atoms with E-state index < -0.39 is 11.6 Å². The molecule has 0 aliphatic heterocycles. The Bertz CT molecular complexity index is 642. The molecular weight excluding hydrogens is 340 g/mol. The Balaban J connectivity index is 2.43. The maximum atomic E-state index is 14.3. The van der Waals surface area contributed by atoms with Gasteiger partial charge in [0.25, 0.3) is 0 Å². The van der Waals surface area contributed by atoms with Gasteiger partial charge in [-0.3, -0.25) is 0 Å². The Morgan fingerprint density at radius 2 is 1.81 bits per heavy atom. The Morgan fingerprint density at radius 1 is 1.24 bits per heavy atom. The minimum absolute atomic E-state index is 0.144. The fourth-order valence-electron chi connectivity index (χ4n) is 2.09. The summed E-state index contributed by atoms with van der Waals surface area (Å²) >= 11 is 3.36. The number of aromatic nitrogens is 2. The molecule has 0 atom stereocenters.